The molecule has 4 atom stereocenters. The minimum absolute atomic E-state index is 0. The maximum absolute atomic E-state index is 12.4. The molecule has 0 aliphatic heterocycles. The van der Waals surface area contributed by atoms with Gasteiger partial charge in [0.25, 0.3) is 0 Å². The quantitative estimate of drug-likeness (QED) is 0.162. The number of halogens is 12. The zero-order valence-electron chi connectivity index (χ0n) is 19.6. The van der Waals surface area contributed by atoms with Crippen LogP contribution in [0.3, 0.4) is 0 Å². The molecule has 0 aromatic carbocycles. The second-order valence-electron chi connectivity index (χ2n) is 6.70. The van der Waals surface area contributed by atoms with Crippen LogP contribution in [0, 0.1) is 0 Å². The van der Waals surface area contributed by atoms with Gasteiger partial charge in [0.1, 0.15) is 0 Å². The first-order valence-corrected chi connectivity index (χ1v) is 10.2. The van der Waals surface area contributed by atoms with E-state index in [2.05, 4.69) is 21.3 Å². The predicted octanol–water partition coefficient (Wildman–Crippen LogP) is 8.05. The van der Waals surface area contributed by atoms with Gasteiger partial charge < -0.3 is 21.3 Å². The van der Waals surface area contributed by atoms with Crippen molar-refractivity contribution in [3.63, 3.8) is 0 Å². The Morgan fingerprint density at radius 1 is 0.400 bits per heavy atom. The summed E-state index contributed by atoms with van der Waals surface area (Å²) < 4.78 is 149. The van der Waals surface area contributed by atoms with Gasteiger partial charge in [0.15, 0.2) is 0 Å². The van der Waals surface area contributed by atoms with Crippen molar-refractivity contribution in [1.29, 1.82) is 0 Å². The van der Waals surface area contributed by atoms with Crippen molar-refractivity contribution in [3.8, 4) is 0 Å². The van der Waals surface area contributed by atoms with Crippen molar-refractivity contribution in [2.75, 3.05) is 26.2 Å². The Labute approximate surface area is 209 Å². The molecule has 0 amide bonds. The van der Waals surface area contributed by atoms with E-state index in [0.29, 0.717) is 0 Å². The molecule has 0 saturated heterocycles. The first kappa shape index (κ1) is 39.1. The van der Waals surface area contributed by atoms with Crippen molar-refractivity contribution in [2.45, 2.75) is 89.4 Å². The van der Waals surface area contributed by atoms with E-state index in [1.165, 1.54) is 27.7 Å². The van der Waals surface area contributed by atoms with Crippen LogP contribution in [0.2, 0.25) is 0 Å². The Hall–Kier alpha value is -0.377. The predicted molar refractivity (Wildman–Crippen MR) is 104 cm³/mol. The van der Waals surface area contributed by atoms with Gasteiger partial charge in [0, 0.05) is 19.5 Å². The van der Waals surface area contributed by atoms with Gasteiger partial charge in [-0.2, -0.15) is 78.9 Å². The molecule has 0 N–H and O–H groups in total. The molecule has 17 heteroatoms. The molecule has 0 aliphatic carbocycles. The van der Waals surface area contributed by atoms with E-state index in [0.717, 1.165) is 0 Å². The largest absolute Gasteiger partial charge is 0.652 e. The molecular weight excluding hydrogens is 566 g/mol. The Morgan fingerprint density at radius 2 is 0.543 bits per heavy atom. The van der Waals surface area contributed by atoms with Gasteiger partial charge in [0.05, 0.1) is 0 Å². The minimum Gasteiger partial charge on any atom is -0.652 e. The van der Waals surface area contributed by atoms with Crippen LogP contribution >= 0.6 is 0 Å². The van der Waals surface area contributed by atoms with Gasteiger partial charge in [-0.3, -0.25) is 0 Å². The molecule has 0 aromatic heterocycles. The van der Waals surface area contributed by atoms with Crippen LogP contribution in [0.1, 0.15) is 40.5 Å². The molecule has 35 heavy (non-hydrogen) atoms. The zero-order valence-corrected chi connectivity index (χ0v) is 22.6. The Kier molecular flexibility index (Phi) is 19.2. The van der Waals surface area contributed by atoms with Gasteiger partial charge in [-0.25, -0.2) is 0 Å². The van der Waals surface area contributed by atoms with Crippen molar-refractivity contribution in [1.82, 2.24) is 0 Å². The fourth-order valence-electron chi connectivity index (χ4n) is 2.55. The Morgan fingerprint density at radius 3 is 0.629 bits per heavy atom. The van der Waals surface area contributed by atoms with E-state index < -0.39 is 61.7 Å². The van der Waals surface area contributed by atoms with Crippen LogP contribution in [0.5, 0.6) is 0 Å². The van der Waals surface area contributed by atoms with Crippen LogP contribution in [0.15, 0.2) is 0 Å². The van der Waals surface area contributed by atoms with Crippen LogP contribution in [0.4, 0.5) is 52.7 Å². The van der Waals surface area contributed by atoms with Crippen LogP contribution in [-0.4, -0.2) is 75.1 Å². The summed E-state index contributed by atoms with van der Waals surface area (Å²) in [5, 5.41) is 12.6. The first-order chi connectivity index (χ1) is 15.2. The third-order valence-electron chi connectivity index (χ3n) is 4.02. The van der Waals surface area contributed by atoms with E-state index in [9.17, 15) is 52.7 Å². The molecule has 0 heterocycles. The zero-order chi connectivity index (χ0) is 27.4. The summed E-state index contributed by atoms with van der Waals surface area (Å²) in [6.45, 7) is 4.66. The average Bonchev–Trinajstić information content (AvgIpc) is 2.63. The molecule has 0 aliphatic rings. The molecular formula is C18H28F12N4Zn-4. The second kappa shape index (κ2) is 17.2. The molecule has 0 aromatic rings. The van der Waals surface area contributed by atoms with E-state index in [1.54, 1.807) is 0 Å². The summed E-state index contributed by atoms with van der Waals surface area (Å²) in [7, 11) is 0. The molecule has 210 valence electrons. The summed E-state index contributed by atoms with van der Waals surface area (Å²) in [6, 6.07) is -9.24. The number of nitrogens with zero attached hydrogens (tertiary/aromatic N) is 4. The first-order valence-electron chi connectivity index (χ1n) is 10.2. The van der Waals surface area contributed by atoms with E-state index >= 15 is 0 Å². The summed E-state index contributed by atoms with van der Waals surface area (Å²) >= 11 is 0. The molecule has 0 radical (unpaired) electrons. The monoisotopic (exact) mass is 592 g/mol. The van der Waals surface area contributed by atoms with Crippen LogP contribution in [-0.2, 0) is 19.5 Å². The SMILES string of the molecule is CC[N-]C(CC([N-]CC)C(F)(F)F)C(F)(F)F.CC[N-]C(CC([N-]CC)C(F)(F)F)C(F)(F)F.[Zn]. The minimum atomic E-state index is -4.76. The van der Waals surface area contributed by atoms with Gasteiger partial charge >= 0.3 is 24.7 Å². The van der Waals surface area contributed by atoms with Crippen molar-refractivity contribution in [3.05, 3.63) is 21.3 Å². The molecule has 0 spiro atoms. The van der Waals surface area contributed by atoms with E-state index in [-0.39, 0.29) is 45.7 Å². The van der Waals surface area contributed by atoms with Gasteiger partial charge in [0.2, 0.25) is 0 Å². The Bertz CT molecular complexity index is 434. The molecule has 0 bridgehead atoms. The van der Waals surface area contributed by atoms with Gasteiger partial charge in [-0.05, 0) is 24.2 Å². The number of hydrogen-bond donors (Lipinski definition) is 0. The summed E-state index contributed by atoms with van der Waals surface area (Å²) in [5.41, 5.74) is 0. The maximum Gasteiger partial charge on any atom is 0.373 e. The number of hydrogen-bond acceptors (Lipinski definition) is 0. The second-order valence-corrected chi connectivity index (χ2v) is 6.70. The standard InChI is InChI=1S/2C9H14F6N2.Zn/c2*1-3-16-6(8(10,11)12)5-7(17-4-2)9(13,14)15;/h2*6-7H,3-5H2,1-2H3;/q2*-2;. The van der Waals surface area contributed by atoms with Gasteiger partial charge in [-0.1, -0.05) is 40.5 Å². The maximum atomic E-state index is 12.4. The average molecular weight is 594 g/mol. The van der Waals surface area contributed by atoms with E-state index in [4.69, 9.17) is 0 Å². The molecule has 4 unspecified atom stereocenters. The molecule has 0 rings (SSSR count). The third kappa shape index (κ3) is 17.7. The van der Waals surface area contributed by atoms with Crippen molar-refractivity contribution >= 4 is 0 Å². The molecule has 0 fully saturated rings. The fourth-order valence-corrected chi connectivity index (χ4v) is 2.55. The van der Waals surface area contributed by atoms with Crippen molar-refractivity contribution in [2.24, 2.45) is 0 Å². The number of rotatable bonds is 12. The Balaban J connectivity index is -0.000000569. The fraction of sp³-hybridized carbons (Fsp3) is 1.00. The smallest absolute Gasteiger partial charge is 0.373 e. The van der Waals surface area contributed by atoms with Crippen LogP contribution in [0.25, 0.3) is 21.3 Å². The summed E-state index contributed by atoms with van der Waals surface area (Å²) in [5.74, 6) is 0. The van der Waals surface area contributed by atoms with Crippen molar-refractivity contribution < 1.29 is 72.2 Å². The topological polar surface area (TPSA) is 56.4 Å². The normalized spacial score (nSPS) is 16.5. The summed E-state index contributed by atoms with van der Waals surface area (Å²) in [6.07, 6.45) is -21.4. The molecule has 0 saturated carbocycles. The summed E-state index contributed by atoms with van der Waals surface area (Å²) in [4.78, 5) is 0. The van der Waals surface area contributed by atoms with Gasteiger partial charge in [-0.15, -0.1) is 0 Å². The molecule has 4 nitrogen and oxygen atoms in total. The van der Waals surface area contributed by atoms with E-state index in [1.807, 2.05) is 0 Å². The number of alkyl halides is 12. The van der Waals surface area contributed by atoms with Crippen LogP contribution < -0.4 is 0 Å². The third-order valence-corrected chi connectivity index (χ3v) is 4.02.